The van der Waals surface area contributed by atoms with Crippen LogP contribution in [0.2, 0.25) is 0 Å². The lowest BCUT2D eigenvalue weighted by Gasteiger charge is -2.08. The van der Waals surface area contributed by atoms with E-state index in [9.17, 15) is 0 Å². The lowest BCUT2D eigenvalue weighted by Crippen LogP contribution is -2.04. The third-order valence-corrected chi connectivity index (χ3v) is 3.68. The number of nitrogens with zero attached hydrogens (tertiary/aromatic N) is 4. The van der Waals surface area contributed by atoms with Crippen molar-refractivity contribution in [2.45, 2.75) is 20.4 Å². The maximum absolute atomic E-state index is 8.88. The van der Waals surface area contributed by atoms with Gasteiger partial charge in [0.25, 0.3) is 0 Å². The van der Waals surface area contributed by atoms with Crippen LogP contribution in [0.4, 0.5) is 0 Å². The molecule has 5 heteroatoms. The van der Waals surface area contributed by atoms with Gasteiger partial charge in [-0.2, -0.15) is 20.7 Å². The molecule has 0 spiro atoms. The Hall–Kier alpha value is -2.87. The highest BCUT2D eigenvalue weighted by Gasteiger charge is 2.12. The van der Waals surface area contributed by atoms with Gasteiger partial charge in [-0.3, -0.25) is 0 Å². The van der Waals surface area contributed by atoms with Gasteiger partial charge < -0.3 is 4.57 Å². The van der Waals surface area contributed by atoms with Crippen LogP contribution in [-0.2, 0) is 6.54 Å². The number of hydrogen-bond acceptors (Lipinski definition) is 3. The molecule has 3 aromatic rings. The van der Waals surface area contributed by atoms with Gasteiger partial charge >= 0.3 is 0 Å². The summed E-state index contributed by atoms with van der Waals surface area (Å²) < 4.78 is 2.21. The fourth-order valence-corrected chi connectivity index (χ4v) is 2.52. The molecule has 0 aliphatic carbocycles. The minimum absolute atomic E-state index is 0.676. The first-order chi connectivity index (χ1) is 10.2. The van der Waals surface area contributed by atoms with Crippen LogP contribution in [0.5, 0.6) is 0 Å². The van der Waals surface area contributed by atoms with Crippen molar-refractivity contribution in [2.24, 2.45) is 0 Å². The van der Waals surface area contributed by atoms with Gasteiger partial charge in [0, 0.05) is 17.0 Å². The quantitative estimate of drug-likeness (QED) is 0.800. The molecule has 0 unspecified atom stereocenters. The third-order valence-electron chi connectivity index (χ3n) is 3.68. The average Bonchev–Trinajstić information content (AvgIpc) is 3.11. The van der Waals surface area contributed by atoms with Crippen molar-refractivity contribution in [3.63, 3.8) is 0 Å². The van der Waals surface area contributed by atoms with Gasteiger partial charge in [0.05, 0.1) is 24.4 Å². The molecule has 0 bridgehead atoms. The Bertz CT molecular complexity index is 789. The maximum atomic E-state index is 8.88. The summed E-state index contributed by atoms with van der Waals surface area (Å²) in [6, 6.07) is 12.0. The normalized spacial score (nSPS) is 10.5. The monoisotopic (exact) mass is 277 g/mol. The summed E-state index contributed by atoms with van der Waals surface area (Å²) in [5.41, 5.74) is 6.24. The van der Waals surface area contributed by atoms with E-state index < -0.39 is 0 Å². The molecule has 0 radical (unpaired) electrons. The van der Waals surface area contributed by atoms with Crippen LogP contribution in [0.15, 0.2) is 36.5 Å². The van der Waals surface area contributed by atoms with Crippen LogP contribution in [0.25, 0.3) is 11.1 Å². The van der Waals surface area contributed by atoms with E-state index in [1.54, 1.807) is 6.20 Å². The molecule has 1 aromatic carbocycles. The Kier molecular flexibility index (Phi) is 3.28. The zero-order valence-electron chi connectivity index (χ0n) is 12.0. The van der Waals surface area contributed by atoms with E-state index in [-0.39, 0.29) is 0 Å². The van der Waals surface area contributed by atoms with Gasteiger partial charge in [0.1, 0.15) is 5.69 Å². The molecule has 104 valence electrons. The number of hydrogen-bond donors (Lipinski definition) is 1. The zero-order chi connectivity index (χ0) is 14.8. The summed E-state index contributed by atoms with van der Waals surface area (Å²) in [7, 11) is 0. The van der Waals surface area contributed by atoms with Crippen LogP contribution < -0.4 is 0 Å². The number of aromatic amines is 1. The molecule has 0 aliphatic heterocycles. The minimum atomic E-state index is 0.676. The molecular weight excluding hydrogens is 262 g/mol. The molecule has 0 saturated heterocycles. The van der Waals surface area contributed by atoms with E-state index in [4.69, 9.17) is 5.26 Å². The number of H-pyrrole nitrogens is 1. The fourth-order valence-electron chi connectivity index (χ4n) is 2.52. The number of nitriles is 1. The second kappa shape index (κ2) is 5.25. The molecule has 2 aromatic heterocycles. The fraction of sp³-hybridized carbons (Fsp3) is 0.188. The van der Waals surface area contributed by atoms with E-state index in [1.807, 2.05) is 24.3 Å². The summed E-state index contributed by atoms with van der Waals surface area (Å²) in [5, 5.41) is 19.5. The standard InChI is InChI=1S/C16H15N5/c1-11-7-16(14-5-3-13(8-17)4-6-14)12(2)21(11)10-15-9-18-20-19-15/h3-7,9H,10H2,1-2H3,(H,18,19,20). The van der Waals surface area contributed by atoms with Gasteiger partial charge in [-0.15, -0.1) is 0 Å². The Labute approximate surface area is 122 Å². The second-order valence-electron chi connectivity index (χ2n) is 5.02. The smallest absolute Gasteiger partial charge is 0.102 e. The molecule has 2 heterocycles. The topological polar surface area (TPSA) is 70.3 Å². The highest BCUT2D eigenvalue weighted by atomic mass is 15.3. The highest BCUT2D eigenvalue weighted by Crippen LogP contribution is 2.27. The Morgan fingerprint density at radius 2 is 2.00 bits per heavy atom. The van der Waals surface area contributed by atoms with E-state index in [2.05, 4.69) is 46.0 Å². The predicted molar refractivity (Wildman–Crippen MR) is 79.5 cm³/mol. The number of aromatic nitrogens is 4. The summed E-state index contributed by atoms with van der Waals surface area (Å²) in [6.45, 7) is 4.88. The Morgan fingerprint density at radius 3 is 2.62 bits per heavy atom. The molecule has 5 nitrogen and oxygen atoms in total. The minimum Gasteiger partial charge on any atom is -0.342 e. The van der Waals surface area contributed by atoms with E-state index in [0.717, 1.165) is 11.3 Å². The largest absolute Gasteiger partial charge is 0.342 e. The number of rotatable bonds is 3. The Balaban J connectivity index is 1.98. The van der Waals surface area contributed by atoms with E-state index in [0.29, 0.717) is 12.1 Å². The molecule has 0 aliphatic rings. The van der Waals surface area contributed by atoms with Crippen molar-refractivity contribution in [3.05, 3.63) is 59.2 Å². The highest BCUT2D eigenvalue weighted by molar-refractivity contribution is 5.68. The van der Waals surface area contributed by atoms with E-state index >= 15 is 0 Å². The molecule has 0 fully saturated rings. The van der Waals surface area contributed by atoms with Crippen LogP contribution >= 0.6 is 0 Å². The summed E-state index contributed by atoms with van der Waals surface area (Å²) in [6.07, 6.45) is 1.74. The lowest BCUT2D eigenvalue weighted by molar-refractivity contribution is 0.726. The summed E-state index contributed by atoms with van der Waals surface area (Å²) >= 11 is 0. The first-order valence-electron chi connectivity index (χ1n) is 6.71. The summed E-state index contributed by atoms with van der Waals surface area (Å²) in [5.74, 6) is 0. The van der Waals surface area contributed by atoms with Gasteiger partial charge in [0.2, 0.25) is 0 Å². The summed E-state index contributed by atoms with van der Waals surface area (Å²) in [4.78, 5) is 0. The van der Waals surface area contributed by atoms with Crippen molar-refractivity contribution < 1.29 is 0 Å². The molecule has 1 N–H and O–H groups in total. The predicted octanol–water partition coefficient (Wildman–Crippen LogP) is 2.81. The van der Waals surface area contributed by atoms with E-state index in [1.165, 1.54) is 17.0 Å². The maximum Gasteiger partial charge on any atom is 0.102 e. The van der Waals surface area contributed by atoms with Crippen molar-refractivity contribution >= 4 is 0 Å². The number of benzene rings is 1. The first kappa shape index (κ1) is 13.1. The average molecular weight is 277 g/mol. The van der Waals surface area contributed by atoms with Gasteiger partial charge in [0.15, 0.2) is 0 Å². The lowest BCUT2D eigenvalue weighted by atomic mass is 10.0. The van der Waals surface area contributed by atoms with Gasteiger partial charge in [-0.1, -0.05) is 12.1 Å². The SMILES string of the molecule is Cc1cc(-c2ccc(C#N)cc2)c(C)n1Cc1cn[nH]n1. The first-order valence-corrected chi connectivity index (χ1v) is 6.71. The van der Waals surface area contributed by atoms with Crippen molar-refractivity contribution in [2.75, 3.05) is 0 Å². The van der Waals surface area contributed by atoms with Gasteiger partial charge in [-0.05, 0) is 37.6 Å². The van der Waals surface area contributed by atoms with Crippen LogP contribution in [0, 0.1) is 25.2 Å². The molecule has 21 heavy (non-hydrogen) atoms. The third kappa shape index (κ3) is 2.43. The number of aryl methyl sites for hydroxylation is 1. The van der Waals surface area contributed by atoms with Gasteiger partial charge in [-0.25, -0.2) is 0 Å². The second-order valence-corrected chi connectivity index (χ2v) is 5.02. The number of nitrogens with one attached hydrogen (secondary N) is 1. The molecule has 0 saturated carbocycles. The molecule has 3 rings (SSSR count). The van der Waals surface area contributed by atoms with Crippen molar-refractivity contribution in [1.29, 1.82) is 5.26 Å². The Morgan fingerprint density at radius 1 is 1.24 bits per heavy atom. The molecule has 0 amide bonds. The zero-order valence-corrected chi connectivity index (χ0v) is 12.0. The van der Waals surface area contributed by atoms with Crippen LogP contribution in [0.3, 0.4) is 0 Å². The van der Waals surface area contributed by atoms with Crippen molar-refractivity contribution in [1.82, 2.24) is 20.0 Å². The molecular formula is C16H15N5. The molecule has 0 atom stereocenters. The van der Waals surface area contributed by atoms with Crippen LogP contribution in [-0.4, -0.2) is 20.0 Å². The van der Waals surface area contributed by atoms with Crippen LogP contribution in [0.1, 0.15) is 22.6 Å². The van der Waals surface area contributed by atoms with Crippen molar-refractivity contribution in [3.8, 4) is 17.2 Å².